The van der Waals surface area contributed by atoms with Crippen molar-refractivity contribution in [2.24, 2.45) is 0 Å². The SMILES string of the molecule is CC(C)Nc1ccnc(C2COCCN2C(=O)c2ccnnc2)n1. The second-order valence-corrected chi connectivity index (χ2v) is 5.82. The van der Waals surface area contributed by atoms with Crippen LogP contribution in [0, 0.1) is 0 Å². The van der Waals surface area contributed by atoms with Crippen LogP contribution in [-0.4, -0.2) is 56.8 Å². The minimum absolute atomic E-state index is 0.121. The van der Waals surface area contributed by atoms with E-state index < -0.39 is 0 Å². The van der Waals surface area contributed by atoms with Gasteiger partial charge in [-0.1, -0.05) is 0 Å². The van der Waals surface area contributed by atoms with Crippen LogP contribution in [0.4, 0.5) is 5.82 Å². The summed E-state index contributed by atoms with van der Waals surface area (Å²) in [6.07, 6.45) is 4.66. The van der Waals surface area contributed by atoms with Crippen molar-refractivity contribution in [1.29, 1.82) is 0 Å². The van der Waals surface area contributed by atoms with Crippen molar-refractivity contribution in [2.45, 2.75) is 25.9 Å². The van der Waals surface area contributed by atoms with Crippen LogP contribution in [0.1, 0.15) is 36.1 Å². The molecule has 3 heterocycles. The molecule has 1 atom stereocenters. The number of nitrogens with zero attached hydrogens (tertiary/aromatic N) is 5. The molecule has 1 amide bonds. The van der Waals surface area contributed by atoms with Crippen molar-refractivity contribution in [2.75, 3.05) is 25.1 Å². The summed E-state index contributed by atoms with van der Waals surface area (Å²) in [7, 11) is 0. The molecular formula is C16H20N6O2. The highest BCUT2D eigenvalue weighted by molar-refractivity contribution is 5.94. The first-order chi connectivity index (χ1) is 11.6. The number of rotatable bonds is 4. The molecule has 1 aliphatic heterocycles. The molecule has 1 fully saturated rings. The van der Waals surface area contributed by atoms with Gasteiger partial charge < -0.3 is 15.0 Å². The summed E-state index contributed by atoms with van der Waals surface area (Å²) in [5.74, 6) is 1.18. The molecule has 1 aliphatic rings. The van der Waals surface area contributed by atoms with Crippen LogP contribution in [0.25, 0.3) is 0 Å². The van der Waals surface area contributed by atoms with Crippen molar-refractivity contribution in [3.8, 4) is 0 Å². The largest absolute Gasteiger partial charge is 0.377 e. The van der Waals surface area contributed by atoms with E-state index in [0.717, 1.165) is 5.82 Å². The number of hydrogen-bond donors (Lipinski definition) is 1. The van der Waals surface area contributed by atoms with Gasteiger partial charge in [-0.15, -0.1) is 0 Å². The molecule has 3 rings (SSSR count). The highest BCUT2D eigenvalue weighted by atomic mass is 16.5. The highest BCUT2D eigenvalue weighted by Gasteiger charge is 2.31. The zero-order valence-corrected chi connectivity index (χ0v) is 13.7. The molecule has 1 N–H and O–H groups in total. The molecule has 1 saturated heterocycles. The number of carbonyl (C=O) groups is 1. The van der Waals surface area contributed by atoms with Crippen LogP contribution in [-0.2, 0) is 4.74 Å². The summed E-state index contributed by atoms with van der Waals surface area (Å²) >= 11 is 0. The van der Waals surface area contributed by atoms with Crippen molar-refractivity contribution >= 4 is 11.7 Å². The van der Waals surface area contributed by atoms with E-state index >= 15 is 0 Å². The normalized spacial score (nSPS) is 17.8. The lowest BCUT2D eigenvalue weighted by atomic mass is 10.1. The lowest BCUT2D eigenvalue weighted by molar-refractivity contribution is -0.00522. The molecule has 8 nitrogen and oxygen atoms in total. The average molecular weight is 328 g/mol. The van der Waals surface area contributed by atoms with Crippen LogP contribution in [0.15, 0.2) is 30.7 Å². The second kappa shape index (κ2) is 7.31. The summed E-state index contributed by atoms with van der Waals surface area (Å²) in [6, 6.07) is 3.40. The fourth-order valence-corrected chi connectivity index (χ4v) is 2.55. The van der Waals surface area contributed by atoms with Gasteiger partial charge in [0.15, 0.2) is 5.82 Å². The van der Waals surface area contributed by atoms with E-state index in [4.69, 9.17) is 4.74 Å². The van der Waals surface area contributed by atoms with Crippen molar-refractivity contribution in [1.82, 2.24) is 25.1 Å². The van der Waals surface area contributed by atoms with E-state index in [0.29, 0.717) is 31.1 Å². The fraction of sp³-hybridized carbons (Fsp3) is 0.438. The number of anilines is 1. The molecule has 0 bridgehead atoms. The Balaban J connectivity index is 1.86. The molecule has 8 heteroatoms. The molecule has 2 aromatic heterocycles. The average Bonchev–Trinajstić information content (AvgIpc) is 2.61. The van der Waals surface area contributed by atoms with Crippen LogP contribution < -0.4 is 5.32 Å². The Morgan fingerprint density at radius 2 is 2.21 bits per heavy atom. The molecular weight excluding hydrogens is 308 g/mol. The van der Waals surface area contributed by atoms with Crippen LogP contribution in [0.3, 0.4) is 0 Å². The van der Waals surface area contributed by atoms with Gasteiger partial charge in [0.1, 0.15) is 11.9 Å². The topological polar surface area (TPSA) is 93.1 Å². The van der Waals surface area contributed by atoms with Gasteiger partial charge in [-0.25, -0.2) is 9.97 Å². The van der Waals surface area contributed by atoms with Gasteiger partial charge in [-0.3, -0.25) is 4.79 Å². The molecule has 0 aromatic carbocycles. The molecule has 0 spiro atoms. The maximum Gasteiger partial charge on any atom is 0.256 e. The van der Waals surface area contributed by atoms with Crippen LogP contribution in [0.5, 0.6) is 0 Å². The smallest absolute Gasteiger partial charge is 0.256 e. The predicted octanol–water partition coefficient (Wildman–Crippen LogP) is 1.30. The molecule has 0 saturated carbocycles. The first-order valence-electron chi connectivity index (χ1n) is 7.90. The summed E-state index contributed by atoms with van der Waals surface area (Å²) in [6.45, 7) is 5.42. The molecule has 2 aromatic rings. The summed E-state index contributed by atoms with van der Waals surface area (Å²) < 4.78 is 5.55. The third-order valence-electron chi connectivity index (χ3n) is 3.63. The maximum absolute atomic E-state index is 12.8. The van der Waals surface area contributed by atoms with Gasteiger partial charge in [0.05, 0.1) is 31.2 Å². The van der Waals surface area contributed by atoms with Gasteiger partial charge in [0.25, 0.3) is 5.91 Å². The number of aromatic nitrogens is 4. The summed E-state index contributed by atoms with van der Waals surface area (Å²) in [4.78, 5) is 23.4. The van der Waals surface area contributed by atoms with E-state index in [1.165, 1.54) is 12.4 Å². The Kier molecular flexibility index (Phi) is 4.95. The highest BCUT2D eigenvalue weighted by Crippen LogP contribution is 2.24. The predicted molar refractivity (Wildman–Crippen MR) is 87.4 cm³/mol. The van der Waals surface area contributed by atoms with E-state index in [1.807, 2.05) is 19.9 Å². The van der Waals surface area contributed by atoms with E-state index in [1.54, 1.807) is 17.2 Å². The Labute approximate surface area is 140 Å². The third kappa shape index (κ3) is 3.65. The first-order valence-corrected chi connectivity index (χ1v) is 7.90. The van der Waals surface area contributed by atoms with Crippen LogP contribution in [0.2, 0.25) is 0 Å². The van der Waals surface area contributed by atoms with Crippen LogP contribution >= 0.6 is 0 Å². The summed E-state index contributed by atoms with van der Waals surface area (Å²) in [5.41, 5.74) is 0.494. The fourth-order valence-electron chi connectivity index (χ4n) is 2.55. The number of ether oxygens (including phenoxy) is 1. The quantitative estimate of drug-likeness (QED) is 0.904. The van der Waals surface area contributed by atoms with Crippen molar-refractivity contribution < 1.29 is 9.53 Å². The number of nitrogens with one attached hydrogen (secondary N) is 1. The molecule has 24 heavy (non-hydrogen) atoms. The van der Waals surface area contributed by atoms with Gasteiger partial charge in [-0.2, -0.15) is 10.2 Å². The monoisotopic (exact) mass is 328 g/mol. The number of carbonyl (C=O) groups excluding carboxylic acids is 1. The zero-order valence-electron chi connectivity index (χ0n) is 13.7. The zero-order chi connectivity index (χ0) is 16.9. The standard InChI is InChI=1S/C16H20N6O2/c1-11(2)20-14-4-5-17-15(21-14)13-10-24-8-7-22(13)16(23)12-3-6-18-19-9-12/h3-6,9,11,13H,7-8,10H2,1-2H3,(H,17,20,21). The first kappa shape index (κ1) is 16.3. The lowest BCUT2D eigenvalue weighted by Crippen LogP contribution is -2.44. The molecule has 0 radical (unpaired) electrons. The van der Waals surface area contributed by atoms with Gasteiger partial charge in [0.2, 0.25) is 0 Å². The van der Waals surface area contributed by atoms with Crippen molar-refractivity contribution in [3.05, 3.63) is 42.1 Å². The van der Waals surface area contributed by atoms with E-state index in [-0.39, 0.29) is 18.0 Å². The second-order valence-electron chi connectivity index (χ2n) is 5.82. The maximum atomic E-state index is 12.8. The number of amides is 1. The Bertz CT molecular complexity index is 694. The number of morpholine rings is 1. The van der Waals surface area contributed by atoms with Gasteiger partial charge in [0, 0.05) is 18.8 Å². The summed E-state index contributed by atoms with van der Waals surface area (Å²) in [5, 5.41) is 10.7. The lowest BCUT2D eigenvalue weighted by Gasteiger charge is -2.34. The minimum Gasteiger partial charge on any atom is -0.377 e. The Morgan fingerprint density at radius 3 is 2.96 bits per heavy atom. The van der Waals surface area contributed by atoms with Gasteiger partial charge >= 0.3 is 0 Å². The van der Waals surface area contributed by atoms with E-state index in [2.05, 4.69) is 25.5 Å². The molecule has 1 unspecified atom stereocenters. The molecule has 126 valence electrons. The Hall–Kier alpha value is -2.61. The van der Waals surface area contributed by atoms with E-state index in [9.17, 15) is 4.79 Å². The van der Waals surface area contributed by atoms with Gasteiger partial charge in [-0.05, 0) is 26.0 Å². The number of hydrogen-bond acceptors (Lipinski definition) is 7. The van der Waals surface area contributed by atoms with Crippen molar-refractivity contribution in [3.63, 3.8) is 0 Å². The third-order valence-corrected chi connectivity index (χ3v) is 3.63. The Morgan fingerprint density at radius 1 is 1.33 bits per heavy atom. The molecule has 0 aliphatic carbocycles. The minimum atomic E-state index is -0.326.